The molecule has 3 heterocycles. The monoisotopic (exact) mass is 346 g/mol. The van der Waals surface area contributed by atoms with E-state index in [1.807, 2.05) is 6.92 Å². The molecule has 1 N–H and O–H groups in total. The molecule has 1 aromatic rings. The molecule has 0 saturated carbocycles. The molecule has 3 rings (SSSR count). The Hall–Kier alpha value is -1.53. The molecule has 1 fully saturated rings. The summed E-state index contributed by atoms with van der Waals surface area (Å²) in [7, 11) is 0. The summed E-state index contributed by atoms with van der Waals surface area (Å²) in [5.74, 6) is 0.840. The van der Waals surface area contributed by atoms with E-state index in [2.05, 4.69) is 46.6 Å². The van der Waals surface area contributed by atoms with Crippen LogP contribution in [0.25, 0.3) is 0 Å². The number of rotatable bonds is 5. The Kier molecular flexibility index (Phi) is 5.46. The van der Waals surface area contributed by atoms with E-state index in [-0.39, 0.29) is 0 Å². The minimum atomic E-state index is 0.351. The van der Waals surface area contributed by atoms with Crippen molar-refractivity contribution in [3.63, 3.8) is 0 Å². The molecule has 0 bridgehead atoms. The molecule has 0 radical (unpaired) electrons. The maximum absolute atomic E-state index is 5.79. The van der Waals surface area contributed by atoms with Gasteiger partial charge in [-0.05, 0) is 39.7 Å². The van der Waals surface area contributed by atoms with E-state index >= 15 is 0 Å². The van der Waals surface area contributed by atoms with Crippen LogP contribution in [0.1, 0.15) is 36.7 Å². The Bertz CT molecular complexity index is 683. The van der Waals surface area contributed by atoms with Crippen LogP contribution in [0.2, 0.25) is 0 Å². The molecule has 2 aliphatic heterocycles. The summed E-state index contributed by atoms with van der Waals surface area (Å²) in [5, 5.41) is 5.42. The first-order chi connectivity index (χ1) is 11.5. The van der Waals surface area contributed by atoms with E-state index in [0.29, 0.717) is 12.6 Å². The second kappa shape index (κ2) is 7.57. The predicted octanol–water partition coefficient (Wildman–Crippen LogP) is 3.26. The van der Waals surface area contributed by atoms with Crippen molar-refractivity contribution < 1.29 is 4.74 Å². The van der Waals surface area contributed by atoms with Gasteiger partial charge in [0.15, 0.2) is 5.17 Å². The number of nitrogens with one attached hydrogen (secondary N) is 1. The minimum absolute atomic E-state index is 0.351. The van der Waals surface area contributed by atoms with Crippen LogP contribution in [-0.2, 0) is 11.3 Å². The molecule has 1 aromatic heterocycles. The normalized spacial score (nSPS) is 22.5. The van der Waals surface area contributed by atoms with E-state index in [4.69, 9.17) is 4.74 Å². The van der Waals surface area contributed by atoms with E-state index in [0.717, 1.165) is 41.8 Å². The SMILES string of the molecule is C=C(C)CN=C1NN=C(c2cc(C)n(CC3CCCO3)c2C)CS1. The second-order valence-corrected chi connectivity index (χ2v) is 7.53. The molecule has 2 aliphatic rings. The maximum atomic E-state index is 5.79. The highest BCUT2D eigenvalue weighted by atomic mass is 32.2. The zero-order valence-electron chi connectivity index (χ0n) is 14.8. The third-order valence-corrected chi connectivity index (χ3v) is 5.33. The molecule has 0 aromatic carbocycles. The number of aliphatic imine (C=N–C) groups is 1. The lowest BCUT2D eigenvalue weighted by Crippen LogP contribution is -2.26. The molecule has 130 valence electrons. The molecule has 6 heteroatoms. The maximum Gasteiger partial charge on any atom is 0.177 e. The van der Waals surface area contributed by atoms with Gasteiger partial charge in [-0.25, -0.2) is 0 Å². The molecule has 0 amide bonds. The quantitative estimate of drug-likeness (QED) is 0.833. The Labute approximate surface area is 148 Å². The first kappa shape index (κ1) is 17.3. The lowest BCUT2D eigenvalue weighted by Gasteiger charge is -2.17. The molecule has 1 atom stereocenters. The Morgan fingerprint density at radius 3 is 3.00 bits per heavy atom. The Balaban J connectivity index is 1.73. The molecule has 1 saturated heterocycles. The fourth-order valence-electron chi connectivity index (χ4n) is 3.11. The summed E-state index contributed by atoms with van der Waals surface area (Å²) >= 11 is 1.70. The highest BCUT2D eigenvalue weighted by Gasteiger charge is 2.22. The van der Waals surface area contributed by atoms with Crippen molar-refractivity contribution in [3.05, 3.63) is 35.2 Å². The summed E-state index contributed by atoms with van der Waals surface area (Å²) in [4.78, 5) is 4.46. The van der Waals surface area contributed by atoms with E-state index in [1.165, 1.54) is 23.4 Å². The van der Waals surface area contributed by atoms with Gasteiger partial charge in [0.05, 0.1) is 18.4 Å². The van der Waals surface area contributed by atoms with Crippen LogP contribution >= 0.6 is 11.8 Å². The van der Waals surface area contributed by atoms with Gasteiger partial charge >= 0.3 is 0 Å². The van der Waals surface area contributed by atoms with E-state index < -0.39 is 0 Å². The molecule has 0 aliphatic carbocycles. The Morgan fingerprint density at radius 1 is 1.54 bits per heavy atom. The number of thioether (sulfide) groups is 1. The second-order valence-electron chi connectivity index (χ2n) is 6.57. The molecule has 0 spiro atoms. The molecular formula is C18H26N4OS. The third kappa shape index (κ3) is 3.92. The number of aromatic nitrogens is 1. The highest BCUT2D eigenvalue weighted by Crippen LogP contribution is 2.23. The molecule has 1 unspecified atom stereocenters. The fourth-order valence-corrected chi connectivity index (χ4v) is 3.87. The van der Waals surface area contributed by atoms with Crippen LogP contribution in [0, 0.1) is 13.8 Å². The number of hydrogen-bond acceptors (Lipinski definition) is 4. The summed E-state index contributed by atoms with van der Waals surface area (Å²) in [6.07, 6.45) is 2.69. The first-order valence-electron chi connectivity index (χ1n) is 8.47. The standard InChI is InChI=1S/C18H26N4OS/c1-12(2)9-19-18-21-20-17(11-24-18)16-8-13(3)22(14(16)4)10-15-6-5-7-23-15/h8,15H,1,5-7,9-11H2,2-4H3,(H,19,21). The van der Waals surface area contributed by atoms with Crippen LogP contribution in [0.3, 0.4) is 0 Å². The zero-order chi connectivity index (χ0) is 17.1. The van der Waals surface area contributed by atoms with Gasteiger partial charge in [-0.15, -0.1) is 0 Å². The average molecular weight is 347 g/mol. The van der Waals surface area contributed by atoms with Crippen molar-refractivity contribution in [2.24, 2.45) is 10.1 Å². The van der Waals surface area contributed by atoms with Crippen molar-refractivity contribution in [2.45, 2.75) is 46.3 Å². The lowest BCUT2D eigenvalue weighted by atomic mass is 10.1. The van der Waals surface area contributed by atoms with Crippen LogP contribution in [0.4, 0.5) is 0 Å². The predicted molar refractivity (Wildman–Crippen MR) is 102 cm³/mol. The van der Waals surface area contributed by atoms with Crippen LogP contribution in [0.15, 0.2) is 28.3 Å². The average Bonchev–Trinajstić information content (AvgIpc) is 3.17. The van der Waals surface area contributed by atoms with Crippen molar-refractivity contribution in [2.75, 3.05) is 18.9 Å². The summed E-state index contributed by atoms with van der Waals surface area (Å²) in [5.41, 5.74) is 8.98. The van der Waals surface area contributed by atoms with Crippen LogP contribution < -0.4 is 5.43 Å². The summed E-state index contributed by atoms with van der Waals surface area (Å²) in [6, 6.07) is 2.24. The number of aryl methyl sites for hydroxylation is 1. The molecular weight excluding hydrogens is 320 g/mol. The third-order valence-electron chi connectivity index (χ3n) is 4.42. The number of hydrazone groups is 1. The van der Waals surface area contributed by atoms with Gasteiger partial charge in [0.2, 0.25) is 0 Å². The van der Waals surface area contributed by atoms with Crippen LogP contribution in [-0.4, -0.2) is 40.5 Å². The zero-order valence-corrected chi connectivity index (χ0v) is 15.6. The number of ether oxygens (including phenoxy) is 1. The van der Waals surface area contributed by atoms with E-state index in [9.17, 15) is 0 Å². The summed E-state index contributed by atoms with van der Waals surface area (Å²) in [6.45, 7) is 12.7. The minimum Gasteiger partial charge on any atom is -0.376 e. The highest BCUT2D eigenvalue weighted by molar-refractivity contribution is 8.14. The van der Waals surface area contributed by atoms with Gasteiger partial charge in [-0.3, -0.25) is 10.4 Å². The van der Waals surface area contributed by atoms with Gasteiger partial charge in [0.1, 0.15) is 0 Å². The van der Waals surface area contributed by atoms with Crippen molar-refractivity contribution >= 4 is 22.6 Å². The van der Waals surface area contributed by atoms with Crippen molar-refractivity contribution in [3.8, 4) is 0 Å². The molecule has 5 nitrogen and oxygen atoms in total. The van der Waals surface area contributed by atoms with Gasteiger partial charge < -0.3 is 9.30 Å². The number of amidine groups is 1. The first-order valence-corrected chi connectivity index (χ1v) is 9.46. The number of nitrogens with zero attached hydrogens (tertiary/aromatic N) is 3. The van der Waals surface area contributed by atoms with Crippen molar-refractivity contribution in [1.82, 2.24) is 9.99 Å². The van der Waals surface area contributed by atoms with Gasteiger partial charge in [-0.1, -0.05) is 23.9 Å². The van der Waals surface area contributed by atoms with Gasteiger partial charge in [0.25, 0.3) is 0 Å². The van der Waals surface area contributed by atoms with Gasteiger partial charge in [-0.2, -0.15) is 5.10 Å². The molecule has 24 heavy (non-hydrogen) atoms. The number of hydrogen-bond donors (Lipinski definition) is 1. The van der Waals surface area contributed by atoms with E-state index in [1.54, 1.807) is 11.8 Å². The lowest BCUT2D eigenvalue weighted by molar-refractivity contribution is 0.0962. The van der Waals surface area contributed by atoms with Crippen molar-refractivity contribution in [1.29, 1.82) is 0 Å². The Morgan fingerprint density at radius 2 is 2.38 bits per heavy atom. The smallest absolute Gasteiger partial charge is 0.177 e. The summed E-state index contributed by atoms with van der Waals surface area (Å²) < 4.78 is 8.16. The van der Waals surface area contributed by atoms with Crippen LogP contribution in [0.5, 0.6) is 0 Å². The largest absolute Gasteiger partial charge is 0.376 e. The fraction of sp³-hybridized carbons (Fsp3) is 0.556. The van der Waals surface area contributed by atoms with Gasteiger partial charge in [0, 0.05) is 35.9 Å². The topological polar surface area (TPSA) is 50.9 Å².